The Kier molecular flexibility index (Phi) is 13.7. The van der Waals surface area contributed by atoms with Gasteiger partial charge in [0, 0.05) is 76.1 Å². The summed E-state index contributed by atoms with van der Waals surface area (Å²) in [6.45, 7) is 12.4. The van der Waals surface area contributed by atoms with Gasteiger partial charge in [-0.05, 0) is 125 Å². The van der Waals surface area contributed by atoms with Crippen LogP contribution in [-0.4, -0.2) is 31.6 Å². The normalized spacial score (nSPS) is 12.1. The summed E-state index contributed by atoms with van der Waals surface area (Å²) in [4.78, 5) is 0. The van der Waals surface area contributed by atoms with Gasteiger partial charge in [-0.3, -0.25) is 0 Å². The van der Waals surface area contributed by atoms with Gasteiger partial charge >= 0.3 is 0 Å². The molecule has 0 spiro atoms. The summed E-state index contributed by atoms with van der Waals surface area (Å²) < 4.78 is 17.9. The molecule has 10 aromatic rings. The molecule has 2 heterocycles. The van der Waals surface area contributed by atoms with E-state index in [0.717, 1.165) is 88.4 Å². The van der Waals surface area contributed by atoms with Crippen LogP contribution in [0.3, 0.4) is 0 Å². The van der Waals surface area contributed by atoms with Gasteiger partial charge < -0.3 is 43.7 Å². The number of benzene rings is 8. The van der Waals surface area contributed by atoms with E-state index in [-0.39, 0.29) is 64.4 Å². The maximum atomic E-state index is 12.2. The van der Waals surface area contributed by atoms with E-state index in [2.05, 4.69) is 148 Å². The minimum atomic E-state index is -0.242. The fourth-order valence-electron chi connectivity index (χ4n) is 9.55. The molecule has 0 bridgehead atoms. The molecule has 7 heteroatoms. The van der Waals surface area contributed by atoms with Gasteiger partial charge in [0.05, 0.1) is 45.6 Å². The van der Waals surface area contributed by atoms with E-state index in [9.17, 15) is 10.2 Å². The predicted octanol–water partition coefficient (Wildman–Crippen LogP) is 15.4. The summed E-state index contributed by atoms with van der Waals surface area (Å²) in [7, 11) is 0. The Morgan fingerprint density at radius 1 is 0.409 bits per heavy atom. The molecule has 2 unspecified atom stereocenters. The van der Waals surface area contributed by atoms with Crippen LogP contribution in [0.4, 0.5) is 0 Å². The SMILES string of the molecule is Cc1ccc(OC(C)CC(C)Oc2ccc(C)cc2-c2cc(C)cc(-n3c4ccccc4c4ccccc43)c2O)c(-c2cc(C)cc(-n3c4ccccc4c4ccccc43)c2O)c1.[CH3-].[CH3-].[Hf]. The van der Waals surface area contributed by atoms with Crippen LogP contribution in [0.5, 0.6) is 23.0 Å². The third kappa shape index (κ3) is 8.41. The molecule has 0 saturated heterocycles. The second-order valence-corrected chi connectivity index (χ2v) is 17.2. The number of fused-ring (bicyclic) bond motifs is 6. The van der Waals surface area contributed by atoms with E-state index in [1.54, 1.807) is 0 Å². The summed E-state index contributed by atoms with van der Waals surface area (Å²) in [6, 6.07) is 53.8. The van der Waals surface area contributed by atoms with Gasteiger partial charge in [-0.1, -0.05) is 96.1 Å². The number of nitrogens with zero attached hydrogens (tertiary/aromatic N) is 2. The second-order valence-electron chi connectivity index (χ2n) is 17.2. The number of hydrogen-bond acceptors (Lipinski definition) is 4. The van der Waals surface area contributed by atoms with Crippen LogP contribution in [0.15, 0.2) is 158 Å². The number of phenols is 2. The van der Waals surface area contributed by atoms with Gasteiger partial charge in [0.15, 0.2) is 0 Å². The van der Waals surface area contributed by atoms with Crippen LogP contribution in [-0.2, 0) is 25.8 Å². The quantitative estimate of drug-likeness (QED) is 0.106. The number of ether oxygens (including phenoxy) is 2. The molecule has 8 aromatic carbocycles. The van der Waals surface area contributed by atoms with Crippen molar-refractivity contribution in [3.8, 4) is 56.6 Å². The zero-order valence-electron chi connectivity index (χ0n) is 39.0. The van der Waals surface area contributed by atoms with E-state index in [1.807, 2.05) is 60.7 Å². The number of aromatic nitrogens is 2. The Morgan fingerprint density at radius 3 is 1.05 bits per heavy atom. The van der Waals surface area contributed by atoms with Crippen LogP contribution in [0, 0.1) is 42.5 Å². The van der Waals surface area contributed by atoms with Crippen molar-refractivity contribution in [2.24, 2.45) is 0 Å². The summed E-state index contributed by atoms with van der Waals surface area (Å²) >= 11 is 0. The van der Waals surface area contributed by atoms with Crippen molar-refractivity contribution in [1.82, 2.24) is 9.13 Å². The molecule has 0 amide bonds. The molecule has 2 N–H and O–H groups in total. The molecular formula is C59H56HfN2O4-2. The van der Waals surface area contributed by atoms with E-state index in [0.29, 0.717) is 29.0 Å². The molecule has 0 aliphatic heterocycles. The molecule has 0 fully saturated rings. The van der Waals surface area contributed by atoms with Crippen LogP contribution < -0.4 is 9.47 Å². The largest absolute Gasteiger partial charge is 0.505 e. The molecule has 6 nitrogen and oxygen atoms in total. The van der Waals surface area contributed by atoms with Crippen molar-refractivity contribution in [3.05, 3.63) is 195 Å². The third-order valence-corrected chi connectivity index (χ3v) is 12.3. The van der Waals surface area contributed by atoms with Crippen LogP contribution in [0.25, 0.3) is 77.2 Å². The van der Waals surface area contributed by atoms with Gasteiger partial charge in [-0.25, -0.2) is 0 Å². The van der Waals surface area contributed by atoms with E-state index in [1.165, 1.54) is 0 Å². The Morgan fingerprint density at radius 2 is 0.712 bits per heavy atom. The Hall–Kier alpha value is -6.57. The molecule has 2 atom stereocenters. The first-order chi connectivity index (χ1) is 30.5. The first-order valence-corrected chi connectivity index (χ1v) is 21.7. The number of para-hydroxylation sites is 4. The van der Waals surface area contributed by atoms with Crippen molar-refractivity contribution in [2.45, 2.75) is 60.2 Å². The Labute approximate surface area is 407 Å². The Balaban J connectivity index is 0.00000216. The zero-order chi connectivity index (χ0) is 43.5. The van der Waals surface area contributed by atoms with Gasteiger partial charge in [-0.2, -0.15) is 0 Å². The van der Waals surface area contributed by atoms with E-state index in [4.69, 9.17) is 9.47 Å². The van der Waals surface area contributed by atoms with Crippen molar-refractivity contribution in [2.75, 3.05) is 0 Å². The van der Waals surface area contributed by atoms with E-state index >= 15 is 0 Å². The summed E-state index contributed by atoms with van der Waals surface area (Å²) in [5.41, 5.74) is 12.8. The number of hydrogen-bond donors (Lipinski definition) is 2. The molecule has 0 aliphatic carbocycles. The first-order valence-electron chi connectivity index (χ1n) is 21.7. The zero-order valence-corrected chi connectivity index (χ0v) is 42.6. The average Bonchev–Trinajstić information content (AvgIpc) is 3.79. The minimum absolute atomic E-state index is 0. The van der Waals surface area contributed by atoms with Crippen LogP contribution in [0.1, 0.15) is 42.5 Å². The standard InChI is InChI=1S/C57H50N2O4.2CH3.Hf/c1-34-23-25-54(44(27-34)46-29-36(3)31-52(56(46)60)58-48-19-11-7-15-40(48)41-16-8-12-20-49(41)58)62-38(5)33-39(6)63-55-26-24-35(2)28-45(55)47-30-37(4)32-53(57(47)61)59-50-21-13-9-17-42(50)43-18-10-14-22-51(43)59;;;/h7-32,38-39,60-61H,33H2,1-6H3;2*1H3;/q;2*-1;. The van der Waals surface area contributed by atoms with Gasteiger partial charge in [0.2, 0.25) is 0 Å². The van der Waals surface area contributed by atoms with Gasteiger partial charge in [-0.15, -0.1) is 0 Å². The minimum Gasteiger partial charge on any atom is -0.505 e. The molecule has 332 valence electrons. The number of phenolic OH excluding ortho intramolecular Hbond substituents is 2. The van der Waals surface area contributed by atoms with Crippen LogP contribution in [0.2, 0.25) is 0 Å². The molecule has 2 aromatic heterocycles. The number of aryl methyl sites for hydroxylation is 4. The average molecular weight is 1040 g/mol. The molecule has 66 heavy (non-hydrogen) atoms. The summed E-state index contributed by atoms with van der Waals surface area (Å²) in [6.07, 6.45) is 0.0983. The molecule has 0 radical (unpaired) electrons. The van der Waals surface area contributed by atoms with Crippen molar-refractivity contribution >= 4 is 43.6 Å². The topological polar surface area (TPSA) is 68.8 Å². The molecular weight excluding hydrogens is 979 g/mol. The maximum absolute atomic E-state index is 12.2. The van der Waals surface area contributed by atoms with Gasteiger partial charge in [0.25, 0.3) is 0 Å². The van der Waals surface area contributed by atoms with E-state index < -0.39 is 0 Å². The van der Waals surface area contributed by atoms with Crippen molar-refractivity contribution in [1.29, 1.82) is 0 Å². The Bertz CT molecular complexity index is 3070. The number of aromatic hydroxyl groups is 2. The predicted molar refractivity (Wildman–Crippen MR) is 272 cm³/mol. The molecule has 0 aliphatic rings. The molecule has 10 rings (SSSR count). The third-order valence-electron chi connectivity index (χ3n) is 12.3. The van der Waals surface area contributed by atoms with Crippen LogP contribution >= 0.6 is 0 Å². The summed E-state index contributed by atoms with van der Waals surface area (Å²) in [5, 5.41) is 29.0. The number of rotatable bonds is 10. The first kappa shape index (κ1) is 47.4. The van der Waals surface area contributed by atoms with Crippen molar-refractivity contribution in [3.63, 3.8) is 0 Å². The molecule has 0 saturated carbocycles. The van der Waals surface area contributed by atoms with Gasteiger partial charge in [0.1, 0.15) is 23.0 Å². The smallest absolute Gasteiger partial charge is 0.147 e. The fourth-order valence-corrected chi connectivity index (χ4v) is 9.55. The summed E-state index contributed by atoms with van der Waals surface area (Å²) in [5.74, 6) is 1.76. The maximum Gasteiger partial charge on any atom is 0.147 e. The fraction of sp³-hybridized carbons (Fsp3) is 0.153. The monoisotopic (exact) mass is 1040 g/mol. The second kappa shape index (κ2) is 19.1. The van der Waals surface area contributed by atoms with Crippen molar-refractivity contribution < 1.29 is 45.5 Å².